The Morgan fingerprint density at radius 2 is 2.18 bits per heavy atom. The number of carbonyl (C=O) groups excluding carboxylic acids is 1. The lowest BCUT2D eigenvalue weighted by molar-refractivity contribution is 0.0448. The van der Waals surface area contributed by atoms with Gasteiger partial charge in [0.25, 0.3) is 5.91 Å². The molecule has 2 aliphatic rings. The van der Waals surface area contributed by atoms with Crippen LogP contribution in [0.1, 0.15) is 42.1 Å². The van der Waals surface area contributed by atoms with Gasteiger partial charge in [-0.05, 0) is 37.8 Å². The van der Waals surface area contributed by atoms with Crippen molar-refractivity contribution in [3.63, 3.8) is 0 Å². The van der Waals surface area contributed by atoms with Crippen molar-refractivity contribution in [3.8, 4) is 11.3 Å². The predicted octanol–water partition coefficient (Wildman–Crippen LogP) is 2.39. The number of hydrogen-bond acceptors (Lipinski definition) is 7. The molecule has 10 heteroatoms. The molecule has 4 aromatic heterocycles. The van der Waals surface area contributed by atoms with Gasteiger partial charge in [0.1, 0.15) is 17.0 Å². The number of aliphatic hydroxyl groups is 1. The molecule has 1 aliphatic carbocycles. The van der Waals surface area contributed by atoms with E-state index in [2.05, 4.69) is 31.5 Å². The highest BCUT2D eigenvalue weighted by Gasteiger charge is 2.31. The largest absolute Gasteiger partial charge is 0.391 e. The molecular weight excluding hydrogens is 434 g/mol. The van der Waals surface area contributed by atoms with Crippen LogP contribution in [0.25, 0.3) is 27.9 Å². The van der Waals surface area contributed by atoms with Crippen molar-refractivity contribution in [1.82, 2.24) is 29.5 Å². The molecule has 1 saturated heterocycles. The van der Waals surface area contributed by atoms with Gasteiger partial charge >= 0.3 is 0 Å². The fraction of sp³-hybridized carbons (Fsp3) is 0.417. The van der Waals surface area contributed by atoms with Crippen LogP contribution in [0.15, 0.2) is 36.8 Å². The molecule has 3 N–H and O–H groups in total. The minimum atomic E-state index is -0.496. The molecule has 34 heavy (non-hydrogen) atoms. The zero-order valence-corrected chi connectivity index (χ0v) is 18.9. The van der Waals surface area contributed by atoms with Crippen LogP contribution in [0.5, 0.6) is 0 Å². The van der Waals surface area contributed by atoms with E-state index in [9.17, 15) is 9.90 Å². The summed E-state index contributed by atoms with van der Waals surface area (Å²) in [7, 11) is 1.81. The molecule has 1 amide bonds. The Bertz CT molecular complexity index is 1370. The number of pyridine rings is 1. The van der Waals surface area contributed by atoms with E-state index in [1.807, 2.05) is 25.2 Å². The first-order valence-corrected chi connectivity index (χ1v) is 11.7. The standard InChI is InChI=1S/C24H27N7O3/c1-25-21-10-19(28-23-16(11-27-31(21)23)24(33)29-18-6-7-20(18)32)17-12-30(14-4-3-9-34-13-14)22-15(17)5-2-8-26-22/h2,5,8,10-12,14,18,20,25,32H,3-4,6-7,9,13H2,1H3,(H,29,33)/t14?,18-,20+/m0/s1. The highest BCUT2D eigenvalue weighted by atomic mass is 16.5. The summed E-state index contributed by atoms with van der Waals surface area (Å²) in [5, 5.41) is 21.3. The Labute approximate surface area is 196 Å². The van der Waals surface area contributed by atoms with Crippen LogP contribution in [0, 0.1) is 0 Å². The van der Waals surface area contributed by atoms with Crippen molar-refractivity contribution in [1.29, 1.82) is 0 Å². The SMILES string of the molecule is CNc1cc(-c2cn(C3CCCOC3)c3ncccc23)nc2c(C(=O)N[C@H]3CC[C@H]3O)cnn12. The summed E-state index contributed by atoms with van der Waals surface area (Å²) < 4.78 is 9.55. The Morgan fingerprint density at radius 3 is 2.91 bits per heavy atom. The normalized spacial score (nSPS) is 22.6. The maximum Gasteiger partial charge on any atom is 0.257 e. The molecule has 0 aromatic carbocycles. The van der Waals surface area contributed by atoms with E-state index in [1.165, 1.54) is 6.20 Å². The van der Waals surface area contributed by atoms with E-state index in [4.69, 9.17) is 9.72 Å². The molecule has 1 saturated carbocycles. The first kappa shape index (κ1) is 21.1. The molecule has 5 heterocycles. The lowest BCUT2D eigenvalue weighted by Gasteiger charge is -2.32. The third-order valence-corrected chi connectivity index (χ3v) is 6.92. The highest BCUT2D eigenvalue weighted by Crippen LogP contribution is 2.34. The van der Waals surface area contributed by atoms with Gasteiger partial charge < -0.3 is 25.0 Å². The van der Waals surface area contributed by atoms with E-state index in [-0.39, 0.29) is 18.0 Å². The molecule has 0 radical (unpaired) electrons. The fourth-order valence-corrected chi connectivity index (χ4v) is 4.84. The second kappa shape index (κ2) is 8.37. The summed E-state index contributed by atoms with van der Waals surface area (Å²) in [4.78, 5) is 22.5. The minimum absolute atomic E-state index is 0.220. The van der Waals surface area contributed by atoms with Crippen LogP contribution in [-0.4, -0.2) is 67.6 Å². The van der Waals surface area contributed by atoms with Gasteiger partial charge in [-0.2, -0.15) is 9.61 Å². The highest BCUT2D eigenvalue weighted by molar-refractivity contribution is 6.01. The fourth-order valence-electron chi connectivity index (χ4n) is 4.84. The molecule has 176 valence electrons. The number of ether oxygens (including phenoxy) is 1. The Kier molecular flexibility index (Phi) is 5.19. The zero-order chi connectivity index (χ0) is 23.2. The summed E-state index contributed by atoms with van der Waals surface area (Å²) >= 11 is 0. The molecule has 2 fully saturated rings. The van der Waals surface area contributed by atoms with Gasteiger partial charge in [-0.15, -0.1) is 0 Å². The minimum Gasteiger partial charge on any atom is -0.391 e. The second-order valence-corrected chi connectivity index (χ2v) is 8.99. The number of nitrogens with zero attached hydrogens (tertiary/aromatic N) is 5. The van der Waals surface area contributed by atoms with E-state index in [0.717, 1.165) is 48.2 Å². The van der Waals surface area contributed by atoms with Gasteiger partial charge in [-0.25, -0.2) is 9.97 Å². The molecule has 4 aromatic rings. The van der Waals surface area contributed by atoms with Gasteiger partial charge in [0.15, 0.2) is 5.65 Å². The molecule has 1 aliphatic heterocycles. The molecule has 1 unspecified atom stereocenters. The van der Waals surface area contributed by atoms with Gasteiger partial charge in [0.2, 0.25) is 0 Å². The number of amides is 1. The summed E-state index contributed by atoms with van der Waals surface area (Å²) in [6, 6.07) is 5.90. The van der Waals surface area contributed by atoms with E-state index in [0.29, 0.717) is 30.1 Å². The Balaban J connectivity index is 1.46. The number of anilines is 1. The molecule has 6 rings (SSSR count). The zero-order valence-electron chi connectivity index (χ0n) is 18.9. The quantitative estimate of drug-likeness (QED) is 0.418. The van der Waals surface area contributed by atoms with Crippen LogP contribution in [0.2, 0.25) is 0 Å². The van der Waals surface area contributed by atoms with Crippen molar-refractivity contribution < 1.29 is 14.6 Å². The first-order chi connectivity index (χ1) is 16.6. The molecular formula is C24H27N7O3. The van der Waals surface area contributed by atoms with Gasteiger partial charge in [-0.1, -0.05) is 0 Å². The lowest BCUT2D eigenvalue weighted by Crippen LogP contribution is -2.50. The topological polar surface area (TPSA) is 119 Å². The summed E-state index contributed by atoms with van der Waals surface area (Å²) in [5.74, 6) is 0.433. The number of hydrogen-bond donors (Lipinski definition) is 3. The van der Waals surface area contributed by atoms with E-state index < -0.39 is 6.10 Å². The third kappa shape index (κ3) is 3.41. The van der Waals surface area contributed by atoms with Crippen molar-refractivity contribution in [2.75, 3.05) is 25.6 Å². The molecule has 3 atom stereocenters. The second-order valence-electron chi connectivity index (χ2n) is 8.99. The third-order valence-electron chi connectivity index (χ3n) is 6.92. The van der Waals surface area contributed by atoms with Gasteiger partial charge in [0.05, 0.1) is 36.7 Å². The predicted molar refractivity (Wildman–Crippen MR) is 127 cm³/mol. The molecule has 0 bridgehead atoms. The number of aliphatic hydroxyl groups excluding tert-OH is 1. The van der Waals surface area contributed by atoms with Crippen LogP contribution in [0.3, 0.4) is 0 Å². The van der Waals surface area contributed by atoms with Crippen molar-refractivity contribution in [2.45, 2.75) is 43.9 Å². The summed E-state index contributed by atoms with van der Waals surface area (Å²) in [6.45, 7) is 1.46. The lowest BCUT2D eigenvalue weighted by atomic mass is 9.89. The smallest absolute Gasteiger partial charge is 0.257 e. The van der Waals surface area contributed by atoms with Gasteiger partial charge in [0, 0.05) is 43.1 Å². The van der Waals surface area contributed by atoms with Crippen LogP contribution >= 0.6 is 0 Å². The average Bonchev–Trinajstić information content (AvgIpc) is 3.48. The number of aromatic nitrogens is 5. The first-order valence-electron chi connectivity index (χ1n) is 11.7. The molecule has 0 spiro atoms. The number of carbonyl (C=O) groups is 1. The Hall–Kier alpha value is -3.50. The van der Waals surface area contributed by atoms with Crippen molar-refractivity contribution >= 4 is 28.4 Å². The number of nitrogens with one attached hydrogen (secondary N) is 2. The van der Waals surface area contributed by atoms with Crippen LogP contribution in [-0.2, 0) is 4.74 Å². The molecule has 10 nitrogen and oxygen atoms in total. The van der Waals surface area contributed by atoms with E-state index >= 15 is 0 Å². The summed E-state index contributed by atoms with van der Waals surface area (Å²) in [6.07, 6.45) is 8.45. The maximum atomic E-state index is 13.0. The van der Waals surface area contributed by atoms with Crippen LogP contribution in [0.4, 0.5) is 5.82 Å². The van der Waals surface area contributed by atoms with Gasteiger partial charge in [-0.3, -0.25) is 4.79 Å². The maximum absolute atomic E-state index is 13.0. The van der Waals surface area contributed by atoms with Crippen molar-refractivity contribution in [3.05, 3.63) is 42.4 Å². The van der Waals surface area contributed by atoms with Crippen LogP contribution < -0.4 is 10.6 Å². The number of fused-ring (bicyclic) bond motifs is 2. The average molecular weight is 462 g/mol. The number of rotatable bonds is 5. The van der Waals surface area contributed by atoms with E-state index in [1.54, 1.807) is 10.7 Å². The monoisotopic (exact) mass is 461 g/mol. The van der Waals surface area contributed by atoms with Crippen molar-refractivity contribution in [2.24, 2.45) is 0 Å². The summed E-state index contributed by atoms with van der Waals surface area (Å²) in [5.41, 5.74) is 3.39. The Morgan fingerprint density at radius 1 is 1.26 bits per heavy atom.